The lowest BCUT2D eigenvalue weighted by molar-refractivity contribution is -0.160. The van der Waals surface area contributed by atoms with E-state index in [9.17, 15) is 14.7 Å². The van der Waals surface area contributed by atoms with Gasteiger partial charge in [-0.05, 0) is 95.3 Å². The van der Waals surface area contributed by atoms with Crippen LogP contribution in [-0.2, 0) is 19.1 Å². The summed E-state index contributed by atoms with van der Waals surface area (Å²) < 4.78 is 12.4. The first-order chi connectivity index (χ1) is 17.1. The standard InChI is InChI=1S/C32H48O5/c1-19(2)10-9-15-31(8)26-23(36-20(3)33)18-30(7)22-11-12-24-28(4,5)25(34)14-16-29(24,6)21(22)13-17-32(26,30)27(35)37-31/h10,23-26,34H,9,11-18H2,1-8H3/t23-,24-,25-,26+,29+,30-,31-,32+/m0/s1. The Morgan fingerprint density at radius 3 is 2.41 bits per heavy atom. The minimum absolute atomic E-state index is 0.0329. The molecule has 37 heavy (non-hydrogen) atoms. The van der Waals surface area contributed by atoms with Crippen LogP contribution in [0.25, 0.3) is 0 Å². The smallest absolute Gasteiger partial charge is 0.314 e. The number of hydrogen-bond donors (Lipinski definition) is 1. The monoisotopic (exact) mass is 512 g/mol. The number of fused-ring (bicyclic) bond motifs is 3. The van der Waals surface area contributed by atoms with Gasteiger partial charge in [0.25, 0.3) is 0 Å². The Bertz CT molecular complexity index is 1070. The molecule has 1 saturated heterocycles. The van der Waals surface area contributed by atoms with Gasteiger partial charge in [-0.2, -0.15) is 0 Å². The molecular formula is C32H48O5. The van der Waals surface area contributed by atoms with Crippen molar-refractivity contribution in [3.05, 3.63) is 22.8 Å². The van der Waals surface area contributed by atoms with E-state index in [1.54, 1.807) is 0 Å². The highest BCUT2D eigenvalue weighted by atomic mass is 16.6. The molecule has 0 aromatic carbocycles. The number of aliphatic hydroxyl groups is 1. The maximum atomic E-state index is 14.1. The summed E-state index contributed by atoms with van der Waals surface area (Å²) in [5.74, 6) is -0.0727. The Balaban J connectivity index is 1.61. The Labute approximate surface area is 223 Å². The molecule has 0 amide bonds. The minimum atomic E-state index is -0.656. The Kier molecular flexibility index (Phi) is 6.15. The highest BCUT2D eigenvalue weighted by Crippen LogP contribution is 2.75. The number of rotatable bonds is 4. The van der Waals surface area contributed by atoms with Crippen molar-refractivity contribution in [3.63, 3.8) is 0 Å². The second-order valence-corrected chi connectivity index (χ2v) is 14.5. The molecule has 5 heteroatoms. The van der Waals surface area contributed by atoms with Gasteiger partial charge >= 0.3 is 11.9 Å². The third-order valence-electron chi connectivity index (χ3n) is 12.0. The zero-order valence-electron chi connectivity index (χ0n) is 24.3. The van der Waals surface area contributed by atoms with E-state index >= 15 is 0 Å². The zero-order chi connectivity index (χ0) is 27.2. The van der Waals surface area contributed by atoms with E-state index in [-0.39, 0.29) is 46.3 Å². The molecule has 8 atom stereocenters. The lowest BCUT2D eigenvalue weighted by Crippen LogP contribution is -2.56. The van der Waals surface area contributed by atoms with E-state index in [0.29, 0.717) is 12.3 Å². The van der Waals surface area contributed by atoms with Gasteiger partial charge in [0, 0.05) is 12.3 Å². The maximum Gasteiger partial charge on any atom is 0.314 e. The van der Waals surface area contributed by atoms with Crippen molar-refractivity contribution in [1.82, 2.24) is 0 Å². The molecule has 2 saturated carbocycles. The molecule has 1 N–H and O–H groups in total. The molecule has 1 heterocycles. The number of esters is 2. The van der Waals surface area contributed by atoms with Crippen LogP contribution in [0.1, 0.15) is 113 Å². The Morgan fingerprint density at radius 2 is 1.76 bits per heavy atom. The maximum absolute atomic E-state index is 14.1. The number of carbonyl (C=O) groups is 2. The van der Waals surface area contributed by atoms with E-state index in [4.69, 9.17) is 9.47 Å². The predicted molar refractivity (Wildman–Crippen MR) is 143 cm³/mol. The van der Waals surface area contributed by atoms with Gasteiger partial charge in [-0.25, -0.2) is 0 Å². The number of ether oxygens (including phenoxy) is 2. The fourth-order valence-electron chi connectivity index (χ4n) is 10.3. The van der Waals surface area contributed by atoms with Crippen LogP contribution in [0.4, 0.5) is 0 Å². The molecule has 0 bridgehead atoms. The van der Waals surface area contributed by atoms with Crippen molar-refractivity contribution in [1.29, 1.82) is 0 Å². The molecule has 3 fully saturated rings. The average Bonchev–Trinajstić information content (AvgIpc) is 3.17. The summed E-state index contributed by atoms with van der Waals surface area (Å²) in [6, 6.07) is 0. The van der Waals surface area contributed by atoms with Crippen molar-refractivity contribution in [3.8, 4) is 0 Å². The van der Waals surface area contributed by atoms with E-state index < -0.39 is 11.0 Å². The Morgan fingerprint density at radius 1 is 1.05 bits per heavy atom. The molecular weight excluding hydrogens is 464 g/mol. The molecule has 5 nitrogen and oxygen atoms in total. The van der Waals surface area contributed by atoms with Gasteiger partial charge in [-0.1, -0.05) is 50.5 Å². The largest absolute Gasteiger partial charge is 0.462 e. The lowest BCUT2D eigenvalue weighted by Gasteiger charge is -2.61. The molecule has 0 aromatic rings. The quantitative estimate of drug-likeness (QED) is 0.336. The van der Waals surface area contributed by atoms with Crippen molar-refractivity contribution in [2.45, 2.75) is 131 Å². The lowest BCUT2D eigenvalue weighted by atomic mass is 9.43. The van der Waals surface area contributed by atoms with Crippen LogP contribution in [0.15, 0.2) is 22.8 Å². The minimum Gasteiger partial charge on any atom is -0.462 e. The fraction of sp³-hybridized carbons (Fsp3) is 0.812. The normalized spacial score (nSPS) is 45.8. The molecule has 4 aliphatic carbocycles. The summed E-state index contributed by atoms with van der Waals surface area (Å²) in [6.07, 6.45) is 9.33. The first-order valence-electron chi connectivity index (χ1n) is 14.6. The average molecular weight is 513 g/mol. The van der Waals surface area contributed by atoms with Gasteiger partial charge < -0.3 is 14.6 Å². The number of hydrogen-bond acceptors (Lipinski definition) is 5. The van der Waals surface area contributed by atoms with Gasteiger partial charge in [0.05, 0.1) is 17.4 Å². The third kappa shape index (κ3) is 3.51. The number of allylic oxidation sites excluding steroid dienone is 4. The van der Waals surface area contributed by atoms with Crippen molar-refractivity contribution < 1.29 is 24.2 Å². The summed E-state index contributed by atoms with van der Waals surface area (Å²) in [4.78, 5) is 26.4. The zero-order valence-corrected chi connectivity index (χ0v) is 24.3. The molecule has 0 unspecified atom stereocenters. The van der Waals surface area contributed by atoms with Crippen molar-refractivity contribution in [2.75, 3.05) is 0 Å². The molecule has 5 rings (SSSR count). The first-order valence-corrected chi connectivity index (χ1v) is 14.6. The van der Waals surface area contributed by atoms with E-state index in [1.807, 2.05) is 0 Å². The highest BCUT2D eigenvalue weighted by Gasteiger charge is 2.78. The highest BCUT2D eigenvalue weighted by molar-refractivity contribution is 5.84. The van der Waals surface area contributed by atoms with Crippen LogP contribution in [-0.4, -0.2) is 34.9 Å². The molecule has 0 aromatic heterocycles. The van der Waals surface area contributed by atoms with Gasteiger partial charge in [0.15, 0.2) is 0 Å². The second kappa shape index (κ2) is 8.44. The number of aliphatic hydroxyl groups excluding tert-OH is 1. The van der Waals surface area contributed by atoms with Gasteiger partial charge in [0.2, 0.25) is 0 Å². The summed E-state index contributed by atoms with van der Waals surface area (Å²) in [5, 5.41) is 10.9. The SMILES string of the molecule is CC(=O)O[C@H]1C[C@@]2(C)C3=C(CC[C@@]24C(=O)O[C@@](C)(CCC=C(C)C)[C@@H]14)[C@@]1(C)CC[C@H](O)C(C)(C)[C@@H]1CC3. The second-order valence-electron chi connectivity index (χ2n) is 14.5. The predicted octanol–water partition coefficient (Wildman–Crippen LogP) is 6.68. The number of carbonyl (C=O) groups excluding carboxylic acids is 2. The van der Waals surface area contributed by atoms with Gasteiger partial charge in [0.1, 0.15) is 11.7 Å². The van der Waals surface area contributed by atoms with Crippen molar-refractivity contribution >= 4 is 11.9 Å². The van der Waals surface area contributed by atoms with Crippen molar-refractivity contribution in [2.24, 2.45) is 33.5 Å². The van der Waals surface area contributed by atoms with Crippen LogP contribution in [0.3, 0.4) is 0 Å². The summed E-state index contributed by atoms with van der Waals surface area (Å²) in [7, 11) is 0. The van der Waals surface area contributed by atoms with Crippen LogP contribution in [0, 0.1) is 33.5 Å². The topological polar surface area (TPSA) is 72.8 Å². The van der Waals surface area contributed by atoms with Crippen LogP contribution in [0.5, 0.6) is 0 Å². The van der Waals surface area contributed by atoms with Crippen LogP contribution >= 0.6 is 0 Å². The molecule has 1 aliphatic heterocycles. The fourth-order valence-corrected chi connectivity index (χ4v) is 10.3. The van der Waals surface area contributed by atoms with Gasteiger partial charge in [-0.15, -0.1) is 0 Å². The number of cyclic esters (lactones) is 1. The van der Waals surface area contributed by atoms with Crippen LogP contribution < -0.4 is 0 Å². The molecule has 206 valence electrons. The molecule has 5 aliphatic rings. The van der Waals surface area contributed by atoms with E-state index in [1.165, 1.54) is 23.6 Å². The molecule has 0 radical (unpaired) electrons. The van der Waals surface area contributed by atoms with Gasteiger partial charge in [-0.3, -0.25) is 9.59 Å². The third-order valence-corrected chi connectivity index (χ3v) is 12.0. The summed E-state index contributed by atoms with van der Waals surface area (Å²) >= 11 is 0. The van der Waals surface area contributed by atoms with Crippen LogP contribution in [0.2, 0.25) is 0 Å². The summed E-state index contributed by atoms with van der Waals surface area (Å²) in [6.45, 7) is 17.0. The Hall–Kier alpha value is -1.62. The first kappa shape index (κ1) is 27.0. The molecule has 1 spiro atoms. The summed E-state index contributed by atoms with van der Waals surface area (Å²) in [5.41, 5.74) is 2.44. The van der Waals surface area contributed by atoms with E-state index in [2.05, 4.69) is 54.5 Å². The van der Waals surface area contributed by atoms with E-state index in [0.717, 1.165) is 51.4 Å².